The minimum atomic E-state index is -0.477. The first-order valence-electron chi connectivity index (χ1n) is 6.43. The van der Waals surface area contributed by atoms with Crippen molar-refractivity contribution in [1.29, 1.82) is 0 Å². The molecule has 1 aromatic rings. The number of nitrogens with one attached hydrogen (secondary N) is 1. The zero-order chi connectivity index (χ0) is 13.4. The van der Waals surface area contributed by atoms with E-state index in [4.69, 9.17) is 4.74 Å². The smallest absolute Gasteiger partial charge is 0.129 e. The van der Waals surface area contributed by atoms with Gasteiger partial charge in [-0.05, 0) is 38.4 Å². The Morgan fingerprint density at radius 3 is 2.44 bits per heavy atom. The van der Waals surface area contributed by atoms with Gasteiger partial charge in [-0.2, -0.15) is 0 Å². The fourth-order valence-corrected chi connectivity index (χ4v) is 1.91. The van der Waals surface area contributed by atoms with Gasteiger partial charge in [0.2, 0.25) is 0 Å². The van der Waals surface area contributed by atoms with Gasteiger partial charge in [0.15, 0.2) is 0 Å². The summed E-state index contributed by atoms with van der Waals surface area (Å²) in [6.45, 7) is 5.94. The zero-order valence-electron chi connectivity index (χ0n) is 11.0. The summed E-state index contributed by atoms with van der Waals surface area (Å²) in [4.78, 5) is 0. The van der Waals surface area contributed by atoms with E-state index in [9.17, 15) is 8.78 Å². The van der Waals surface area contributed by atoms with Crippen LogP contribution in [0.3, 0.4) is 0 Å². The van der Waals surface area contributed by atoms with E-state index in [-0.39, 0.29) is 11.6 Å². The Kier molecular flexibility index (Phi) is 6.83. The fourth-order valence-electron chi connectivity index (χ4n) is 1.91. The van der Waals surface area contributed by atoms with Gasteiger partial charge in [-0.1, -0.05) is 13.0 Å². The van der Waals surface area contributed by atoms with E-state index < -0.39 is 11.6 Å². The normalized spacial score (nSPS) is 12.7. The number of benzene rings is 1. The monoisotopic (exact) mass is 257 g/mol. The molecule has 0 amide bonds. The molecule has 0 bridgehead atoms. The predicted octanol–water partition coefficient (Wildman–Crippen LogP) is 2.91. The van der Waals surface area contributed by atoms with Crippen molar-refractivity contribution in [3.63, 3.8) is 0 Å². The van der Waals surface area contributed by atoms with Crippen LogP contribution in [0.15, 0.2) is 18.2 Å². The van der Waals surface area contributed by atoms with E-state index in [1.54, 1.807) is 0 Å². The molecule has 0 aromatic heterocycles. The summed E-state index contributed by atoms with van der Waals surface area (Å²) in [5, 5.41) is 3.23. The van der Waals surface area contributed by atoms with Gasteiger partial charge in [0, 0.05) is 24.8 Å². The highest BCUT2D eigenvalue weighted by molar-refractivity contribution is 5.20. The van der Waals surface area contributed by atoms with Crippen molar-refractivity contribution < 1.29 is 13.5 Å². The highest BCUT2D eigenvalue weighted by atomic mass is 19.1. The van der Waals surface area contributed by atoms with E-state index in [1.807, 2.05) is 13.8 Å². The Bertz CT molecular complexity index is 337. The average Bonchev–Trinajstić information content (AvgIpc) is 2.34. The molecule has 0 aliphatic rings. The highest BCUT2D eigenvalue weighted by Gasteiger charge is 2.14. The second kappa shape index (κ2) is 8.16. The summed E-state index contributed by atoms with van der Waals surface area (Å²) in [7, 11) is 0. The molecule has 1 N–H and O–H groups in total. The lowest BCUT2D eigenvalue weighted by molar-refractivity contribution is 0.136. The molecular weight excluding hydrogens is 236 g/mol. The van der Waals surface area contributed by atoms with Crippen molar-refractivity contribution in [1.82, 2.24) is 5.32 Å². The highest BCUT2D eigenvalue weighted by Crippen LogP contribution is 2.15. The van der Waals surface area contributed by atoms with Gasteiger partial charge in [0.05, 0.1) is 0 Å². The largest absolute Gasteiger partial charge is 0.382 e. The molecule has 0 aliphatic heterocycles. The minimum Gasteiger partial charge on any atom is -0.382 e. The Morgan fingerprint density at radius 1 is 1.22 bits per heavy atom. The molecule has 0 radical (unpaired) electrons. The summed E-state index contributed by atoms with van der Waals surface area (Å²) in [6.07, 6.45) is 1.09. The summed E-state index contributed by atoms with van der Waals surface area (Å²) in [6, 6.07) is 4.01. The predicted molar refractivity (Wildman–Crippen MR) is 68.6 cm³/mol. The summed E-state index contributed by atoms with van der Waals surface area (Å²) in [5.74, 6) is -0.955. The lowest BCUT2D eigenvalue weighted by atomic mass is 10.0. The molecule has 0 fully saturated rings. The topological polar surface area (TPSA) is 21.3 Å². The van der Waals surface area contributed by atoms with Gasteiger partial charge in [-0.3, -0.25) is 0 Å². The van der Waals surface area contributed by atoms with Crippen molar-refractivity contribution in [3.8, 4) is 0 Å². The Morgan fingerprint density at radius 2 is 1.89 bits per heavy atom. The SMILES string of the molecule is CCNC(CCOCC)Cc1c(F)cccc1F. The van der Waals surface area contributed by atoms with Crippen LogP contribution in [0.4, 0.5) is 8.78 Å². The maximum Gasteiger partial charge on any atom is 0.129 e. The summed E-state index contributed by atoms with van der Waals surface area (Å²) >= 11 is 0. The number of hydrogen-bond acceptors (Lipinski definition) is 2. The summed E-state index contributed by atoms with van der Waals surface area (Å²) in [5.41, 5.74) is 0.153. The Hall–Kier alpha value is -1.00. The van der Waals surface area contributed by atoms with Gasteiger partial charge >= 0.3 is 0 Å². The van der Waals surface area contributed by atoms with E-state index in [2.05, 4.69) is 5.32 Å². The molecule has 0 spiro atoms. The molecule has 0 aliphatic carbocycles. The molecule has 0 saturated heterocycles. The summed E-state index contributed by atoms with van der Waals surface area (Å²) < 4.78 is 32.4. The van der Waals surface area contributed by atoms with Crippen LogP contribution in [0.2, 0.25) is 0 Å². The molecule has 102 valence electrons. The third-order valence-corrected chi connectivity index (χ3v) is 2.82. The molecule has 1 rings (SSSR count). The second-order valence-corrected chi connectivity index (χ2v) is 4.14. The second-order valence-electron chi connectivity index (χ2n) is 4.14. The van der Waals surface area contributed by atoms with Crippen molar-refractivity contribution in [2.24, 2.45) is 0 Å². The molecule has 1 atom stereocenters. The Labute approximate surface area is 107 Å². The van der Waals surface area contributed by atoms with Crippen molar-refractivity contribution in [2.45, 2.75) is 32.7 Å². The number of rotatable bonds is 8. The molecule has 2 nitrogen and oxygen atoms in total. The zero-order valence-corrected chi connectivity index (χ0v) is 11.0. The van der Waals surface area contributed by atoms with Crippen LogP contribution < -0.4 is 5.32 Å². The first-order chi connectivity index (χ1) is 8.69. The third kappa shape index (κ3) is 4.70. The molecular formula is C14H21F2NO. The van der Waals surface area contributed by atoms with Gasteiger partial charge in [0.25, 0.3) is 0 Å². The van der Waals surface area contributed by atoms with Crippen LogP contribution in [-0.2, 0) is 11.2 Å². The van der Waals surface area contributed by atoms with Crippen LogP contribution in [0.1, 0.15) is 25.8 Å². The number of hydrogen-bond donors (Lipinski definition) is 1. The molecule has 0 saturated carbocycles. The van der Waals surface area contributed by atoms with Gasteiger partial charge < -0.3 is 10.1 Å². The Balaban J connectivity index is 2.64. The van der Waals surface area contributed by atoms with E-state index in [1.165, 1.54) is 18.2 Å². The first kappa shape index (κ1) is 15.1. The van der Waals surface area contributed by atoms with Gasteiger partial charge in [-0.15, -0.1) is 0 Å². The maximum absolute atomic E-state index is 13.5. The van der Waals surface area contributed by atoms with Crippen molar-refractivity contribution in [2.75, 3.05) is 19.8 Å². The minimum absolute atomic E-state index is 0.0351. The molecule has 1 unspecified atom stereocenters. The quantitative estimate of drug-likeness (QED) is 0.723. The van der Waals surface area contributed by atoms with E-state index >= 15 is 0 Å². The van der Waals surface area contributed by atoms with E-state index in [0.29, 0.717) is 19.6 Å². The van der Waals surface area contributed by atoms with Crippen LogP contribution in [0.25, 0.3) is 0 Å². The van der Waals surface area contributed by atoms with Crippen LogP contribution >= 0.6 is 0 Å². The van der Waals surface area contributed by atoms with Crippen LogP contribution in [-0.4, -0.2) is 25.8 Å². The number of ether oxygens (including phenoxy) is 1. The lowest BCUT2D eigenvalue weighted by Gasteiger charge is -2.18. The fraction of sp³-hybridized carbons (Fsp3) is 0.571. The van der Waals surface area contributed by atoms with Gasteiger partial charge in [0.1, 0.15) is 11.6 Å². The van der Waals surface area contributed by atoms with Crippen molar-refractivity contribution >= 4 is 0 Å². The van der Waals surface area contributed by atoms with E-state index in [0.717, 1.165) is 13.0 Å². The van der Waals surface area contributed by atoms with Crippen LogP contribution in [0, 0.1) is 11.6 Å². The molecule has 4 heteroatoms. The first-order valence-corrected chi connectivity index (χ1v) is 6.43. The van der Waals surface area contributed by atoms with Gasteiger partial charge in [-0.25, -0.2) is 8.78 Å². The third-order valence-electron chi connectivity index (χ3n) is 2.82. The molecule has 1 aromatic carbocycles. The number of likely N-dealkylation sites (N-methyl/N-ethyl adjacent to an activating group) is 1. The maximum atomic E-state index is 13.5. The molecule has 0 heterocycles. The lowest BCUT2D eigenvalue weighted by Crippen LogP contribution is -2.32. The van der Waals surface area contributed by atoms with Crippen molar-refractivity contribution in [3.05, 3.63) is 35.4 Å². The average molecular weight is 257 g/mol. The standard InChI is InChI=1S/C14H21F2NO/c1-3-17-11(8-9-18-4-2)10-12-13(15)6-5-7-14(12)16/h5-7,11,17H,3-4,8-10H2,1-2H3. The number of halogens is 2. The molecule has 18 heavy (non-hydrogen) atoms. The van der Waals surface area contributed by atoms with Crippen LogP contribution in [0.5, 0.6) is 0 Å².